The highest BCUT2D eigenvalue weighted by Gasteiger charge is 2.39. The summed E-state index contributed by atoms with van der Waals surface area (Å²) in [5.41, 5.74) is 8.42. The van der Waals surface area contributed by atoms with Crippen molar-refractivity contribution in [1.82, 2.24) is 9.80 Å². The smallest absolute Gasteiger partial charge is 0.192 e. The first-order valence-electron chi connectivity index (χ1n) is 7.35. The molecule has 1 unspecified atom stereocenters. The fourth-order valence-electron chi connectivity index (χ4n) is 2.69. The number of likely N-dealkylation sites (N-methyl/N-ethyl adjacent to an activating group) is 1. The molecular weight excluding hydrogens is 262 g/mol. The number of nitrogens with two attached hydrogens (primary N) is 1. The molecule has 21 heavy (non-hydrogen) atoms. The molecule has 0 aliphatic carbocycles. The third kappa shape index (κ3) is 3.13. The van der Waals surface area contributed by atoms with Crippen molar-refractivity contribution < 1.29 is 0 Å². The van der Waals surface area contributed by atoms with Crippen molar-refractivity contribution in [3.63, 3.8) is 0 Å². The van der Waals surface area contributed by atoms with Crippen LogP contribution in [0.15, 0.2) is 29.3 Å². The minimum absolute atomic E-state index is 0.148. The van der Waals surface area contributed by atoms with Gasteiger partial charge in [-0.2, -0.15) is 0 Å². The van der Waals surface area contributed by atoms with E-state index < -0.39 is 0 Å². The van der Waals surface area contributed by atoms with Crippen molar-refractivity contribution in [3.05, 3.63) is 29.8 Å². The van der Waals surface area contributed by atoms with E-state index in [0.717, 1.165) is 13.1 Å². The monoisotopic (exact) mass is 289 g/mol. The summed E-state index contributed by atoms with van der Waals surface area (Å²) in [6, 6.07) is 8.68. The summed E-state index contributed by atoms with van der Waals surface area (Å²) in [6.45, 7) is 4.78. The minimum Gasteiger partial charge on any atom is -0.378 e. The maximum Gasteiger partial charge on any atom is 0.192 e. The number of guanidine groups is 1. The number of hydrogen-bond acceptors (Lipinski definition) is 5. The summed E-state index contributed by atoms with van der Waals surface area (Å²) in [4.78, 5) is 11.0. The van der Waals surface area contributed by atoms with Gasteiger partial charge in [0.1, 0.15) is 0 Å². The molecule has 0 spiro atoms. The lowest BCUT2D eigenvalue weighted by Gasteiger charge is -2.37. The third-order valence-electron chi connectivity index (χ3n) is 4.20. The number of aliphatic imine (C=N–C) groups is 1. The van der Waals surface area contributed by atoms with Crippen LogP contribution in [0.1, 0.15) is 12.5 Å². The lowest BCUT2D eigenvalue weighted by atomic mass is 9.91. The van der Waals surface area contributed by atoms with Crippen LogP contribution in [0.2, 0.25) is 0 Å². The van der Waals surface area contributed by atoms with E-state index in [1.54, 1.807) is 0 Å². The van der Waals surface area contributed by atoms with Crippen molar-refractivity contribution >= 4 is 11.6 Å². The average Bonchev–Trinajstić information content (AvgIpc) is 2.73. The molecule has 0 amide bonds. The maximum atomic E-state index is 6.11. The van der Waals surface area contributed by atoms with Crippen molar-refractivity contribution in [2.45, 2.75) is 12.5 Å². The predicted molar refractivity (Wildman–Crippen MR) is 89.9 cm³/mol. The number of hydrogen-bond donors (Lipinski definition) is 1. The van der Waals surface area contributed by atoms with Crippen LogP contribution in [0, 0.1) is 0 Å². The molecule has 0 bridgehead atoms. The summed E-state index contributed by atoms with van der Waals surface area (Å²) < 4.78 is 0. The summed E-state index contributed by atoms with van der Waals surface area (Å²) in [6.07, 6.45) is 0. The second kappa shape index (κ2) is 5.93. The Labute approximate surface area is 128 Å². The van der Waals surface area contributed by atoms with E-state index in [1.807, 2.05) is 0 Å². The molecule has 0 fully saturated rings. The second-order valence-corrected chi connectivity index (χ2v) is 6.34. The first kappa shape index (κ1) is 15.6. The predicted octanol–water partition coefficient (Wildman–Crippen LogP) is 1.16. The second-order valence-electron chi connectivity index (χ2n) is 6.34. The standard InChI is InChI=1S/C16H27N5/c1-16(13-6-8-14(9-7-13)20(4)5)12-18-15(17)21(16)11-10-19(2)3/h6-9H,10-12H2,1-5H3,(H2,17,18). The fraction of sp³-hybridized carbons (Fsp3) is 0.562. The minimum atomic E-state index is -0.148. The zero-order valence-electron chi connectivity index (χ0n) is 13.8. The molecule has 1 aliphatic rings. The van der Waals surface area contributed by atoms with Gasteiger partial charge in [-0.25, -0.2) is 0 Å². The highest BCUT2D eigenvalue weighted by molar-refractivity contribution is 5.81. The SMILES string of the molecule is CN(C)CCN1C(N)=NCC1(C)c1ccc(N(C)C)cc1. The van der Waals surface area contributed by atoms with Gasteiger partial charge in [-0.05, 0) is 38.7 Å². The van der Waals surface area contributed by atoms with Crippen LogP contribution >= 0.6 is 0 Å². The Kier molecular flexibility index (Phi) is 4.42. The largest absolute Gasteiger partial charge is 0.378 e. The molecule has 1 aromatic rings. The van der Waals surface area contributed by atoms with Gasteiger partial charge in [0.2, 0.25) is 0 Å². The Morgan fingerprint density at radius 2 is 1.81 bits per heavy atom. The zero-order valence-corrected chi connectivity index (χ0v) is 13.8. The first-order chi connectivity index (χ1) is 9.84. The molecule has 1 aliphatic heterocycles. The normalized spacial score (nSPS) is 21.8. The van der Waals surface area contributed by atoms with E-state index in [-0.39, 0.29) is 5.54 Å². The highest BCUT2D eigenvalue weighted by Crippen LogP contribution is 2.33. The van der Waals surface area contributed by atoms with Crippen molar-refractivity contribution in [2.24, 2.45) is 10.7 Å². The number of nitrogens with zero attached hydrogens (tertiary/aromatic N) is 4. The van der Waals surface area contributed by atoms with Gasteiger partial charge in [-0.15, -0.1) is 0 Å². The van der Waals surface area contributed by atoms with Crippen molar-refractivity contribution in [2.75, 3.05) is 52.7 Å². The van der Waals surface area contributed by atoms with E-state index in [1.165, 1.54) is 11.3 Å². The molecule has 0 radical (unpaired) electrons. The fourth-order valence-corrected chi connectivity index (χ4v) is 2.69. The number of rotatable bonds is 5. The van der Waals surface area contributed by atoms with Gasteiger partial charge in [0.15, 0.2) is 5.96 Å². The lowest BCUT2D eigenvalue weighted by Crippen LogP contribution is -2.49. The van der Waals surface area contributed by atoms with Gasteiger partial charge in [0, 0.05) is 32.9 Å². The van der Waals surface area contributed by atoms with Gasteiger partial charge in [-0.3, -0.25) is 4.99 Å². The molecule has 5 heteroatoms. The molecular formula is C16H27N5. The third-order valence-corrected chi connectivity index (χ3v) is 4.20. The Bertz CT molecular complexity index is 506. The van der Waals surface area contributed by atoms with Gasteiger partial charge >= 0.3 is 0 Å². The highest BCUT2D eigenvalue weighted by atomic mass is 15.4. The summed E-state index contributed by atoms with van der Waals surface area (Å²) in [5, 5.41) is 0. The average molecular weight is 289 g/mol. The van der Waals surface area contributed by atoms with E-state index in [2.05, 4.69) is 79.1 Å². The molecule has 1 atom stereocenters. The van der Waals surface area contributed by atoms with Gasteiger partial charge < -0.3 is 20.4 Å². The van der Waals surface area contributed by atoms with Crippen LogP contribution in [-0.2, 0) is 5.54 Å². The van der Waals surface area contributed by atoms with Crippen molar-refractivity contribution in [1.29, 1.82) is 0 Å². The molecule has 1 heterocycles. The number of anilines is 1. The van der Waals surface area contributed by atoms with Gasteiger partial charge in [0.25, 0.3) is 0 Å². The maximum absolute atomic E-state index is 6.11. The van der Waals surface area contributed by atoms with E-state index in [4.69, 9.17) is 5.73 Å². The molecule has 5 nitrogen and oxygen atoms in total. The molecule has 2 rings (SSSR count). The van der Waals surface area contributed by atoms with Crippen LogP contribution < -0.4 is 10.6 Å². The Morgan fingerprint density at radius 1 is 1.19 bits per heavy atom. The summed E-state index contributed by atoms with van der Waals surface area (Å²) in [5.74, 6) is 0.649. The Morgan fingerprint density at radius 3 is 2.33 bits per heavy atom. The Hall–Kier alpha value is -1.75. The number of benzene rings is 1. The summed E-state index contributed by atoms with van der Waals surface area (Å²) in [7, 11) is 8.26. The molecule has 1 aromatic carbocycles. The quantitative estimate of drug-likeness (QED) is 0.884. The van der Waals surface area contributed by atoms with Gasteiger partial charge in [0.05, 0.1) is 12.1 Å². The molecule has 116 valence electrons. The molecule has 0 saturated heterocycles. The topological polar surface area (TPSA) is 48.1 Å². The molecule has 2 N–H and O–H groups in total. The van der Waals surface area contributed by atoms with Gasteiger partial charge in [-0.1, -0.05) is 12.1 Å². The summed E-state index contributed by atoms with van der Waals surface area (Å²) >= 11 is 0. The zero-order chi connectivity index (χ0) is 15.6. The molecule has 0 saturated carbocycles. The lowest BCUT2D eigenvalue weighted by molar-refractivity contribution is 0.205. The van der Waals surface area contributed by atoms with Crippen LogP contribution in [0.5, 0.6) is 0 Å². The molecule has 0 aromatic heterocycles. The van der Waals surface area contributed by atoms with Crippen LogP contribution in [-0.4, -0.2) is 63.6 Å². The van der Waals surface area contributed by atoms with Crippen LogP contribution in [0.3, 0.4) is 0 Å². The van der Waals surface area contributed by atoms with E-state index >= 15 is 0 Å². The van der Waals surface area contributed by atoms with Crippen molar-refractivity contribution in [3.8, 4) is 0 Å². The van der Waals surface area contributed by atoms with Crippen LogP contribution in [0.25, 0.3) is 0 Å². The van der Waals surface area contributed by atoms with E-state index in [9.17, 15) is 0 Å². The first-order valence-corrected chi connectivity index (χ1v) is 7.35. The van der Waals surface area contributed by atoms with Crippen LogP contribution in [0.4, 0.5) is 5.69 Å². The Balaban J connectivity index is 2.23. The van der Waals surface area contributed by atoms with E-state index in [0.29, 0.717) is 12.5 Å².